The molecular weight excluding hydrogens is 177 g/mol. The van der Waals surface area contributed by atoms with Crippen LogP contribution in [0, 0.1) is 7.43 Å². The van der Waals surface area contributed by atoms with Gasteiger partial charge in [0.2, 0.25) is 0 Å². The van der Waals surface area contributed by atoms with Crippen molar-refractivity contribution in [1.82, 2.24) is 0 Å². The zero-order valence-corrected chi connectivity index (χ0v) is 5.38. The molecule has 0 fully saturated rings. The van der Waals surface area contributed by atoms with Crippen molar-refractivity contribution in [3.05, 3.63) is 7.43 Å². The summed E-state index contributed by atoms with van der Waals surface area (Å²) < 4.78 is 0. The summed E-state index contributed by atoms with van der Waals surface area (Å²) in [5, 5.41) is 0. The van der Waals surface area contributed by atoms with Crippen LogP contribution in [0.1, 0.15) is 0 Å². The van der Waals surface area contributed by atoms with Gasteiger partial charge in [0.1, 0.15) is 0 Å². The molecule has 0 spiro atoms. The molecule has 0 aliphatic rings. The number of hydrogen-bond donors (Lipinski definition) is 0. The molecule has 0 aliphatic heterocycles. The van der Waals surface area contributed by atoms with Gasteiger partial charge in [-0.25, -0.2) is 0 Å². The van der Waals surface area contributed by atoms with Gasteiger partial charge in [-0.3, -0.25) is 0 Å². The van der Waals surface area contributed by atoms with Crippen molar-refractivity contribution < 1.29 is 44.3 Å². The van der Waals surface area contributed by atoms with Gasteiger partial charge in [-0.15, -0.1) is 0 Å². The van der Waals surface area contributed by atoms with Gasteiger partial charge in [-0.05, 0) is 0 Å². The summed E-state index contributed by atoms with van der Waals surface area (Å²) in [4.78, 5) is 0. The minimum Gasteiger partial charge on any atom is -0.412 e. The van der Waals surface area contributed by atoms with E-state index >= 15 is 0 Å². The first-order valence-electron chi connectivity index (χ1n) is 0. The van der Waals surface area contributed by atoms with Gasteiger partial charge >= 0.3 is 0 Å². The van der Waals surface area contributed by atoms with E-state index in [1.165, 1.54) is 0 Å². The van der Waals surface area contributed by atoms with Crippen LogP contribution in [0.2, 0.25) is 0 Å². The molecule has 0 saturated heterocycles. The summed E-state index contributed by atoms with van der Waals surface area (Å²) in [6, 6.07) is 0. The van der Waals surface area contributed by atoms with E-state index in [4.69, 9.17) is 0 Å². The van der Waals surface area contributed by atoms with E-state index < -0.39 is 0 Å². The molecule has 0 amide bonds. The second kappa shape index (κ2) is 71.0. The largest absolute Gasteiger partial charge is 0.412 e. The Balaban J connectivity index is 0. The summed E-state index contributed by atoms with van der Waals surface area (Å²) in [5.41, 5.74) is 0. The van der Waals surface area contributed by atoms with Crippen molar-refractivity contribution in [1.29, 1.82) is 0 Å². The van der Waals surface area contributed by atoms with Crippen molar-refractivity contribution in [2.45, 2.75) is 0 Å². The summed E-state index contributed by atoms with van der Waals surface area (Å²) in [5.74, 6) is 0. The first-order chi connectivity index (χ1) is 0. The Hall–Kier alpha value is 1.79. The Morgan fingerprint density at radius 3 is 1.00 bits per heavy atom. The predicted octanol–water partition coefficient (Wildman–Crippen LogP) is -1.94. The van der Waals surface area contributed by atoms with E-state index in [0.29, 0.717) is 0 Å². The van der Waals surface area contributed by atoms with Crippen LogP contribution in [0.25, 0.3) is 0 Å². The van der Waals surface area contributed by atoms with Gasteiger partial charge in [0.15, 0.2) is 17.4 Å². The van der Waals surface area contributed by atoms with Gasteiger partial charge in [-0.2, -0.15) is 0 Å². The zero-order valence-electron chi connectivity index (χ0n) is 2.88. The van der Waals surface area contributed by atoms with Crippen molar-refractivity contribution in [2.75, 3.05) is 0 Å². The van der Waals surface area contributed by atoms with E-state index in [1.807, 2.05) is 0 Å². The van der Waals surface area contributed by atoms with Gasteiger partial charge in [0.25, 0.3) is 0 Å². The van der Waals surface area contributed by atoms with Crippen LogP contribution in [-0.2, 0) is 38.8 Å². The molecule has 0 atom stereocenters. The summed E-state index contributed by atoms with van der Waals surface area (Å²) in [6.45, 7) is 0. The smallest absolute Gasteiger partial charge is 0.187 e. The van der Waals surface area contributed by atoms with Crippen molar-refractivity contribution in [3.63, 3.8) is 0 Å². The van der Waals surface area contributed by atoms with E-state index in [9.17, 15) is 0 Å². The molecular formula is CH8AlBCuOTi-. The molecule has 2 N–H and O–H groups in total. The molecule has 40 valence electrons. The first-order valence-corrected chi connectivity index (χ1v) is 0. The molecule has 1 nitrogen and oxygen atoms in total. The van der Waals surface area contributed by atoms with E-state index in [1.54, 1.807) is 0 Å². The molecule has 0 saturated carbocycles. The topological polar surface area (TPSA) is 31.5 Å². The first kappa shape index (κ1) is 112. The standard InChI is InChI=1S/CH3.Al.B.Cu.H2O.Ti.3H/h1H3;;;;1H2;;;;/q-1;;;;;;;;. The fourth-order valence-corrected chi connectivity index (χ4v) is 0. The minimum absolute atomic E-state index is 0. The predicted molar refractivity (Wildman–Crippen MR) is 25.7 cm³/mol. The SMILES string of the molecule is O.[AlH3].[B].[CH3-].[Cu].[Ti]. The summed E-state index contributed by atoms with van der Waals surface area (Å²) in [6.07, 6.45) is 0. The van der Waals surface area contributed by atoms with Crippen molar-refractivity contribution in [2.24, 2.45) is 0 Å². The zero-order chi connectivity index (χ0) is 0. The van der Waals surface area contributed by atoms with Crippen molar-refractivity contribution in [3.8, 4) is 0 Å². The summed E-state index contributed by atoms with van der Waals surface area (Å²) in [7, 11) is 0. The van der Waals surface area contributed by atoms with E-state index in [-0.39, 0.29) is 77.5 Å². The molecule has 0 aromatic heterocycles. The number of rotatable bonds is 0. The fourth-order valence-electron chi connectivity index (χ4n) is 0. The maximum Gasteiger partial charge on any atom is 0.187 e. The molecule has 0 heterocycles. The van der Waals surface area contributed by atoms with Crippen LogP contribution in [0.5, 0.6) is 0 Å². The Bertz CT molecular complexity index is 15.5. The van der Waals surface area contributed by atoms with Gasteiger partial charge in [-0.1, -0.05) is 0 Å². The third-order valence-corrected chi connectivity index (χ3v) is 0. The third-order valence-electron chi connectivity index (χ3n) is 0. The monoisotopic (exact) mass is 185 g/mol. The molecule has 6 heavy (non-hydrogen) atoms. The molecule has 0 aliphatic carbocycles. The maximum atomic E-state index is 0. The fraction of sp³-hybridized carbons (Fsp3) is 0. The average molecular weight is 185 g/mol. The average Bonchev–Trinajstić information content (AvgIpc) is 0. The molecule has 0 rings (SSSR count). The molecule has 0 aromatic carbocycles. The van der Waals surface area contributed by atoms with Gasteiger partial charge in [0, 0.05) is 47.2 Å². The molecule has 0 bridgehead atoms. The number of hydrogen-bond acceptors (Lipinski definition) is 0. The van der Waals surface area contributed by atoms with Crippen LogP contribution in [-0.4, -0.2) is 31.3 Å². The molecule has 0 unspecified atom stereocenters. The molecule has 4 radical (unpaired) electrons. The quantitative estimate of drug-likeness (QED) is 0.310. The van der Waals surface area contributed by atoms with Crippen LogP contribution in [0.4, 0.5) is 0 Å². The Morgan fingerprint density at radius 2 is 1.00 bits per heavy atom. The second-order valence-electron chi connectivity index (χ2n) is 0. The summed E-state index contributed by atoms with van der Waals surface area (Å²) >= 11 is 0. The van der Waals surface area contributed by atoms with Crippen LogP contribution < -0.4 is 0 Å². The third kappa shape index (κ3) is 41.4. The van der Waals surface area contributed by atoms with Crippen LogP contribution in [0.15, 0.2) is 0 Å². The van der Waals surface area contributed by atoms with E-state index in [0.717, 1.165) is 0 Å². The normalized spacial score (nSPS) is 0. The molecule has 5 heteroatoms. The van der Waals surface area contributed by atoms with Crippen molar-refractivity contribution >= 4 is 25.8 Å². The Kier molecular flexibility index (Phi) is 1330. The van der Waals surface area contributed by atoms with E-state index in [2.05, 4.69) is 0 Å². The maximum absolute atomic E-state index is 0. The molecule has 0 aromatic rings. The second-order valence-corrected chi connectivity index (χ2v) is 0. The van der Waals surface area contributed by atoms with Crippen LogP contribution in [0.3, 0.4) is 0 Å². The Morgan fingerprint density at radius 1 is 1.00 bits per heavy atom. The van der Waals surface area contributed by atoms with Gasteiger partial charge in [0.05, 0.1) is 0 Å². The van der Waals surface area contributed by atoms with Gasteiger partial charge < -0.3 is 12.9 Å². The Labute approximate surface area is 77.0 Å². The van der Waals surface area contributed by atoms with Crippen LogP contribution >= 0.6 is 0 Å². The minimum atomic E-state index is 0.